The van der Waals surface area contributed by atoms with Crippen molar-refractivity contribution in [2.75, 3.05) is 33.2 Å². The van der Waals surface area contributed by atoms with Crippen molar-refractivity contribution in [1.29, 1.82) is 0 Å². The molecule has 0 aliphatic carbocycles. The molecule has 0 bridgehead atoms. The molecule has 0 radical (unpaired) electrons. The molecule has 0 aromatic carbocycles. The van der Waals surface area contributed by atoms with Crippen molar-refractivity contribution in [3.05, 3.63) is 0 Å². The number of carboxylic acid groups (broad SMARTS) is 1. The quantitative estimate of drug-likeness (QED) is 0.672. The van der Waals surface area contributed by atoms with Crippen LogP contribution in [0, 0.1) is 5.41 Å². The van der Waals surface area contributed by atoms with Crippen molar-refractivity contribution in [1.82, 2.24) is 9.96 Å². The number of nitrogens with zero attached hydrogens (tertiary/aromatic N) is 2. The number of hydrogen-bond acceptors (Lipinski definition) is 4. The van der Waals surface area contributed by atoms with Gasteiger partial charge in [-0.3, -0.25) is 0 Å². The zero-order chi connectivity index (χ0) is 10.2. The maximum atomic E-state index is 10.3. The summed E-state index contributed by atoms with van der Waals surface area (Å²) in [7, 11) is 2.12. The molecule has 2 aliphatic heterocycles. The van der Waals surface area contributed by atoms with Crippen molar-refractivity contribution in [3.63, 3.8) is 0 Å². The SMILES string of the molecule is CN1CCC2(CC1)CN(OC(=O)O)C2. The summed E-state index contributed by atoms with van der Waals surface area (Å²) in [5.74, 6) is 0. The van der Waals surface area contributed by atoms with Gasteiger partial charge in [-0.1, -0.05) is 0 Å². The first kappa shape index (κ1) is 9.73. The van der Waals surface area contributed by atoms with Crippen molar-refractivity contribution < 1.29 is 14.7 Å². The van der Waals surface area contributed by atoms with Crippen LogP contribution in [0.4, 0.5) is 4.79 Å². The standard InChI is InChI=1S/C9H16N2O3/c1-10-4-2-9(3-5-10)6-11(7-9)14-8(12)13/h2-7H2,1H3,(H,12,13). The highest BCUT2D eigenvalue weighted by Crippen LogP contribution is 2.39. The van der Waals surface area contributed by atoms with E-state index in [2.05, 4.69) is 16.8 Å². The summed E-state index contributed by atoms with van der Waals surface area (Å²) in [6.45, 7) is 3.77. The highest BCUT2D eigenvalue weighted by atomic mass is 16.8. The fourth-order valence-electron chi connectivity index (χ4n) is 2.29. The molecule has 80 valence electrons. The Bertz CT molecular complexity index is 228. The van der Waals surface area contributed by atoms with Gasteiger partial charge in [0.25, 0.3) is 0 Å². The van der Waals surface area contributed by atoms with Gasteiger partial charge in [-0.05, 0) is 33.0 Å². The molecule has 2 saturated heterocycles. The van der Waals surface area contributed by atoms with E-state index in [4.69, 9.17) is 5.11 Å². The summed E-state index contributed by atoms with van der Waals surface area (Å²) in [6.07, 6.45) is 1.11. The van der Waals surface area contributed by atoms with E-state index >= 15 is 0 Å². The van der Waals surface area contributed by atoms with Crippen LogP contribution in [0.5, 0.6) is 0 Å². The Labute approximate surface area is 83.2 Å². The molecule has 0 saturated carbocycles. The lowest BCUT2D eigenvalue weighted by molar-refractivity contribution is -0.226. The lowest BCUT2D eigenvalue weighted by Crippen LogP contribution is -2.60. The maximum absolute atomic E-state index is 10.3. The van der Waals surface area contributed by atoms with Gasteiger partial charge in [-0.15, -0.1) is 5.06 Å². The Morgan fingerprint density at radius 1 is 1.36 bits per heavy atom. The molecule has 5 heteroatoms. The first-order valence-electron chi connectivity index (χ1n) is 4.94. The third-order valence-electron chi connectivity index (χ3n) is 3.28. The number of rotatable bonds is 1. The van der Waals surface area contributed by atoms with Crippen LogP contribution in [0.25, 0.3) is 0 Å². The third kappa shape index (κ3) is 1.83. The molecular weight excluding hydrogens is 184 g/mol. The Morgan fingerprint density at radius 2 is 1.93 bits per heavy atom. The van der Waals surface area contributed by atoms with Gasteiger partial charge in [0.2, 0.25) is 0 Å². The van der Waals surface area contributed by atoms with E-state index in [9.17, 15) is 4.79 Å². The molecule has 1 N–H and O–H groups in total. The van der Waals surface area contributed by atoms with Crippen LogP contribution in [-0.2, 0) is 4.84 Å². The zero-order valence-electron chi connectivity index (χ0n) is 8.40. The Kier molecular flexibility index (Phi) is 2.36. The van der Waals surface area contributed by atoms with E-state index in [0.717, 1.165) is 39.0 Å². The van der Waals surface area contributed by atoms with Crippen LogP contribution in [-0.4, -0.2) is 54.5 Å². The van der Waals surface area contributed by atoms with Crippen molar-refractivity contribution in [2.45, 2.75) is 12.8 Å². The van der Waals surface area contributed by atoms with E-state index in [1.165, 1.54) is 5.06 Å². The van der Waals surface area contributed by atoms with E-state index in [1.54, 1.807) is 0 Å². The Morgan fingerprint density at radius 3 is 2.43 bits per heavy atom. The van der Waals surface area contributed by atoms with Gasteiger partial charge < -0.3 is 14.8 Å². The number of piperidine rings is 1. The van der Waals surface area contributed by atoms with Crippen LogP contribution >= 0.6 is 0 Å². The third-order valence-corrected chi connectivity index (χ3v) is 3.28. The van der Waals surface area contributed by atoms with Crippen molar-refractivity contribution >= 4 is 6.16 Å². The molecular formula is C9H16N2O3. The molecule has 0 atom stereocenters. The summed E-state index contributed by atoms with van der Waals surface area (Å²) in [6, 6.07) is 0. The van der Waals surface area contributed by atoms with Gasteiger partial charge in [0, 0.05) is 18.5 Å². The second kappa shape index (κ2) is 3.40. The van der Waals surface area contributed by atoms with Gasteiger partial charge >= 0.3 is 6.16 Å². The molecule has 2 heterocycles. The van der Waals surface area contributed by atoms with E-state index in [0.29, 0.717) is 5.41 Å². The fraction of sp³-hybridized carbons (Fsp3) is 0.889. The zero-order valence-corrected chi connectivity index (χ0v) is 8.40. The van der Waals surface area contributed by atoms with Gasteiger partial charge in [0.1, 0.15) is 0 Å². The highest BCUT2D eigenvalue weighted by molar-refractivity contribution is 5.56. The molecule has 5 nitrogen and oxygen atoms in total. The first-order valence-corrected chi connectivity index (χ1v) is 4.94. The largest absolute Gasteiger partial charge is 0.525 e. The lowest BCUT2D eigenvalue weighted by Gasteiger charge is -2.51. The molecule has 0 amide bonds. The molecule has 14 heavy (non-hydrogen) atoms. The first-order chi connectivity index (χ1) is 6.60. The van der Waals surface area contributed by atoms with Crippen LogP contribution in [0.15, 0.2) is 0 Å². The highest BCUT2D eigenvalue weighted by Gasteiger charge is 2.46. The molecule has 0 unspecified atom stereocenters. The van der Waals surface area contributed by atoms with E-state index in [-0.39, 0.29) is 0 Å². The van der Waals surface area contributed by atoms with E-state index in [1.807, 2.05) is 0 Å². The van der Waals surface area contributed by atoms with Gasteiger partial charge in [0.15, 0.2) is 0 Å². The van der Waals surface area contributed by atoms with Crippen LogP contribution < -0.4 is 0 Å². The normalized spacial score (nSPS) is 27.2. The number of likely N-dealkylation sites (tertiary alicyclic amines) is 1. The second-order valence-corrected chi connectivity index (χ2v) is 4.46. The average Bonchev–Trinajstić information content (AvgIpc) is 2.05. The monoisotopic (exact) mass is 200 g/mol. The number of hydroxylamine groups is 2. The molecule has 0 aromatic rings. The van der Waals surface area contributed by atoms with Gasteiger partial charge in [0.05, 0.1) is 0 Å². The number of carbonyl (C=O) groups is 1. The minimum absolute atomic E-state index is 0.335. The summed E-state index contributed by atoms with van der Waals surface area (Å²) in [4.78, 5) is 17.1. The van der Waals surface area contributed by atoms with Crippen LogP contribution in [0.1, 0.15) is 12.8 Å². The van der Waals surface area contributed by atoms with Crippen LogP contribution in [0.2, 0.25) is 0 Å². The van der Waals surface area contributed by atoms with Crippen molar-refractivity contribution in [2.24, 2.45) is 5.41 Å². The van der Waals surface area contributed by atoms with E-state index < -0.39 is 6.16 Å². The molecule has 2 rings (SSSR count). The molecule has 1 spiro atoms. The number of hydrogen-bond donors (Lipinski definition) is 1. The summed E-state index contributed by atoms with van der Waals surface area (Å²) < 4.78 is 0. The lowest BCUT2D eigenvalue weighted by atomic mass is 9.73. The maximum Gasteiger partial charge on any atom is 0.525 e. The molecule has 2 aliphatic rings. The van der Waals surface area contributed by atoms with Crippen molar-refractivity contribution in [3.8, 4) is 0 Å². The molecule has 0 aromatic heterocycles. The Hall–Kier alpha value is -0.810. The van der Waals surface area contributed by atoms with Gasteiger partial charge in [-0.2, -0.15) is 0 Å². The van der Waals surface area contributed by atoms with Gasteiger partial charge in [-0.25, -0.2) is 4.79 Å². The fourth-order valence-corrected chi connectivity index (χ4v) is 2.29. The summed E-state index contributed by atoms with van der Waals surface area (Å²) in [5, 5.41) is 9.94. The predicted octanol–water partition coefficient (Wildman–Crippen LogP) is 0.624. The minimum Gasteiger partial charge on any atom is -0.448 e. The minimum atomic E-state index is -1.20. The second-order valence-electron chi connectivity index (χ2n) is 4.46. The Balaban J connectivity index is 1.78. The average molecular weight is 200 g/mol. The summed E-state index contributed by atoms with van der Waals surface area (Å²) >= 11 is 0. The topological polar surface area (TPSA) is 53.0 Å². The van der Waals surface area contributed by atoms with Crippen LogP contribution in [0.3, 0.4) is 0 Å². The smallest absolute Gasteiger partial charge is 0.448 e. The summed E-state index contributed by atoms with van der Waals surface area (Å²) in [5.41, 5.74) is 0.335. The predicted molar refractivity (Wildman–Crippen MR) is 49.8 cm³/mol. The molecule has 2 fully saturated rings.